The maximum atomic E-state index is 13.3. The molecular formula is C15H15F4N3O2S. The third-order valence-corrected chi connectivity index (χ3v) is 5.59. The fourth-order valence-corrected chi connectivity index (χ4v) is 3.93. The van der Waals surface area contributed by atoms with Crippen LogP contribution in [-0.2, 0) is 29.2 Å². The molecule has 0 saturated carbocycles. The lowest BCUT2D eigenvalue weighted by Crippen LogP contribution is -2.33. The highest BCUT2D eigenvalue weighted by Crippen LogP contribution is 2.32. The molecule has 1 aromatic carbocycles. The summed E-state index contributed by atoms with van der Waals surface area (Å²) in [6.45, 7) is 0.782. The number of rotatable bonds is 4. The first-order chi connectivity index (χ1) is 11.7. The molecule has 1 atom stereocenters. The normalized spacial score (nSPS) is 18.2. The molecule has 2 aromatic rings. The van der Waals surface area contributed by atoms with Crippen molar-refractivity contribution in [3.63, 3.8) is 0 Å². The Labute approximate surface area is 141 Å². The van der Waals surface area contributed by atoms with Crippen molar-refractivity contribution >= 4 is 10.0 Å². The monoisotopic (exact) mass is 377 g/mol. The summed E-state index contributed by atoms with van der Waals surface area (Å²) in [5, 5.41) is 0. The number of aromatic nitrogens is 2. The van der Waals surface area contributed by atoms with Crippen molar-refractivity contribution in [2.24, 2.45) is 5.92 Å². The van der Waals surface area contributed by atoms with E-state index in [0.717, 1.165) is 18.3 Å². The zero-order chi connectivity index (χ0) is 18.2. The van der Waals surface area contributed by atoms with Gasteiger partial charge in [-0.3, -0.25) is 0 Å². The second kappa shape index (κ2) is 6.41. The molecule has 3 rings (SSSR count). The Morgan fingerprint density at radius 2 is 2.08 bits per heavy atom. The lowest BCUT2D eigenvalue weighted by Gasteiger charge is -2.23. The SMILES string of the molecule is O=S(=O)(NC[C@H]1CCn2ccnc2C1)c1ccc(F)c(C(F)(F)F)c1. The van der Waals surface area contributed by atoms with Crippen molar-refractivity contribution in [2.75, 3.05) is 6.54 Å². The van der Waals surface area contributed by atoms with Gasteiger partial charge in [0.2, 0.25) is 10.0 Å². The van der Waals surface area contributed by atoms with Crippen LogP contribution in [0, 0.1) is 11.7 Å². The van der Waals surface area contributed by atoms with Crippen LogP contribution in [0.2, 0.25) is 0 Å². The number of hydrogen-bond acceptors (Lipinski definition) is 3. The quantitative estimate of drug-likeness (QED) is 0.833. The fraction of sp³-hybridized carbons (Fsp3) is 0.400. The van der Waals surface area contributed by atoms with E-state index in [1.807, 2.05) is 10.8 Å². The summed E-state index contributed by atoms with van der Waals surface area (Å²) in [7, 11) is -4.17. The second-order valence-electron chi connectivity index (χ2n) is 5.89. The zero-order valence-electron chi connectivity index (χ0n) is 12.9. The molecule has 10 heteroatoms. The van der Waals surface area contributed by atoms with Crippen molar-refractivity contribution in [3.8, 4) is 0 Å². The third-order valence-electron chi connectivity index (χ3n) is 4.17. The van der Waals surface area contributed by atoms with Gasteiger partial charge in [-0.05, 0) is 30.5 Å². The van der Waals surface area contributed by atoms with Gasteiger partial charge in [-0.25, -0.2) is 22.5 Å². The van der Waals surface area contributed by atoms with E-state index in [-0.39, 0.29) is 12.5 Å². The average Bonchev–Trinajstić information content (AvgIpc) is 2.99. The molecule has 1 N–H and O–H groups in total. The van der Waals surface area contributed by atoms with Gasteiger partial charge in [-0.2, -0.15) is 13.2 Å². The molecule has 1 aliphatic rings. The maximum absolute atomic E-state index is 13.3. The molecule has 25 heavy (non-hydrogen) atoms. The standard InChI is InChI=1S/C15H15F4N3O2S/c16-13-2-1-11(8-12(13)15(17,18)19)25(23,24)21-9-10-3-5-22-6-4-20-14(22)7-10/h1-2,4,6,8,10,21H,3,5,7,9H2/t10-/m0/s1. The predicted octanol–water partition coefficient (Wildman–Crippen LogP) is 2.58. The summed E-state index contributed by atoms with van der Waals surface area (Å²) >= 11 is 0. The molecule has 0 aliphatic carbocycles. The first kappa shape index (κ1) is 17.9. The van der Waals surface area contributed by atoms with Gasteiger partial charge in [0, 0.05) is 31.9 Å². The lowest BCUT2D eigenvalue weighted by molar-refractivity contribution is -0.140. The number of hydrogen-bond donors (Lipinski definition) is 1. The largest absolute Gasteiger partial charge is 0.419 e. The fourth-order valence-electron chi connectivity index (χ4n) is 2.79. The Morgan fingerprint density at radius 3 is 2.80 bits per heavy atom. The van der Waals surface area contributed by atoms with Gasteiger partial charge in [-0.15, -0.1) is 0 Å². The zero-order valence-corrected chi connectivity index (χ0v) is 13.7. The molecule has 0 fully saturated rings. The highest BCUT2D eigenvalue weighted by Gasteiger charge is 2.35. The molecule has 0 saturated heterocycles. The summed E-state index contributed by atoms with van der Waals surface area (Å²) in [6.07, 6.45) is -0.155. The highest BCUT2D eigenvalue weighted by molar-refractivity contribution is 7.89. The topological polar surface area (TPSA) is 64.0 Å². The van der Waals surface area contributed by atoms with Crippen molar-refractivity contribution in [2.45, 2.75) is 30.5 Å². The van der Waals surface area contributed by atoms with E-state index in [2.05, 4.69) is 9.71 Å². The van der Waals surface area contributed by atoms with Crippen LogP contribution in [0.1, 0.15) is 17.8 Å². The molecule has 1 aromatic heterocycles. The minimum atomic E-state index is -4.96. The molecule has 0 bridgehead atoms. The predicted molar refractivity (Wildman–Crippen MR) is 80.6 cm³/mol. The first-order valence-corrected chi connectivity index (χ1v) is 9.01. The third kappa shape index (κ3) is 3.84. The van der Waals surface area contributed by atoms with Gasteiger partial charge in [0.25, 0.3) is 0 Å². The smallest absolute Gasteiger partial charge is 0.335 e. The number of alkyl halides is 3. The van der Waals surface area contributed by atoms with Gasteiger partial charge < -0.3 is 4.57 Å². The van der Waals surface area contributed by atoms with E-state index in [4.69, 9.17) is 0 Å². The van der Waals surface area contributed by atoms with E-state index >= 15 is 0 Å². The number of fused-ring (bicyclic) bond motifs is 1. The molecule has 0 spiro atoms. The van der Waals surface area contributed by atoms with Crippen LogP contribution >= 0.6 is 0 Å². The molecule has 0 unspecified atom stereocenters. The number of aryl methyl sites for hydroxylation is 1. The highest BCUT2D eigenvalue weighted by atomic mass is 32.2. The number of nitrogens with zero attached hydrogens (tertiary/aromatic N) is 2. The van der Waals surface area contributed by atoms with E-state index in [9.17, 15) is 26.0 Å². The Kier molecular flexibility index (Phi) is 4.58. The first-order valence-electron chi connectivity index (χ1n) is 7.53. The summed E-state index contributed by atoms with van der Waals surface area (Å²) in [6, 6.07) is 1.64. The summed E-state index contributed by atoms with van der Waals surface area (Å²) in [5.41, 5.74) is -1.60. The minimum Gasteiger partial charge on any atom is -0.335 e. The van der Waals surface area contributed by atoms with E-state index < -0.39 is 32.5 Å². The summed E-state index contributed by atoms with van der Waals surface area (Å²) < 4.78 is 80.3. The van der Waals surface area contributed by atoms with Crippen LogP contribution in [0.25, 0.3) is 0 Å². The van der Waals surface area contributed by atoms with Crippen LogP contribution in [-0.4, -0.2) is 24.5 Å². The van der Waals surface area contributed by atoms with Crippen molar-refractivity contribution in [1.82, 2.24) is 14.3 Å². The Balaban J connectivity index is 1.72. The van der Waals surface area contributed by atoms with Crippen LogP contribution in [0.4, 0.5) is 17.6 Å². The van der Waals surface area contributed by atoms with Crippen molar-refractivity contribution in [1.29, 1.82) is 0 Å². The average molecular weight is 377 g/mol. The Hall–Kier alpha value is -1.94. The van der Waals surface area contributed by atoms with Crippen LogP contribution < -0.4 is 4.72 Å². The summed E-state index contributed by atoms with van der Waals surface area (Å²) in [4.78, 5) is 3.56. The van der Waals surface area contributed by atoms with Crippen molar-refractivity contribution in [3.05, 3.63) is 47.8 Å². The van der Waals surface area contributed by atoms with Gasteiger partial charge in [-0.1, -0.05) is 0 Å². The summed E-state index contributed by atoms with van der Waals surface area (Å²) in [5.74, 6) is -0.672. The van der Waals surface area contributed by atoms with Gasteiger partial charge >= 0.3 is 6.18 Å². The number of sulfonamides is 1. The molecule has 1 aliphatic heterocycles. The number of halogens is 4. The molecule has 2 heterocycles. The van der Waals surface area contributed by atoms with Gasteiger partial charge in [0.15, 0.2) is 0 Å². The molecule has 0 radical (unpaired) electrons. The van der Waals surface area contributed by atoms with E-state index in [1.165, 1.54) is 0 Å². The second-order valence-corrected chi connectivity index (χ2v) is 7.65. The number of imidazole rings is 1. The van der Waals surface area contributed by atoms with Crippen LogP contribution in [0.5, 0.6) is 0 Å². The lowest BCUT2D eigenvalue weighted by atomic mass is 9.98. The Morgan fingerprint density at radius 1 is 1.32 bits per heavy atom. The van der Waals surface area contributed by atoms with Crippen LogP contribution in [0.3, 0.4) is 0 Å². The van der Waals surface area contributed by atoms with E-state index in [0.29, 0.717) is 25.1 Å². The molecule has 5 nitrogen and oxygen atoms in total. The molecule has 0 amide bonds. The minimum absolute atomic E-state index is 0.00721. The maximum Gasteiger partial charge on any atom is 0.419 e. The van der Waals surface area contributed by atoms with Gasteiger partial charge in [0.1, 0.15) is 11.6 Å². The Bertz CT molecular complexity index is 877. The molecule has 136 valence electrons. The number of nitrogens with one attached hydrogen (secondary N) is 1. The molecular weight excluding hydrogens is 362 g/mol. The van der Waals surface area contributed by atoms with Crippen molar-refractivity contribution < 1.29 is 26.0 Å². The van der Waals surface area contributed by atoms with Crippen LogP contribution in [0.15, 0.2) is 35.5 Å². The van der Waals surface area contributed by atoms with Gasteiger partial charge in [0.05, 0.1) is 10.5 Å². The number of benzene rings is 1. The van der Waals surface area contributed by atoms with E-state index in [1.54, 1.807) is 6.20 Å².